The molecule has 6 nitrogen and oxygen atoms in total. The van der Waals surface area contributed by atoms with Crippen LogP contribution in [0, 0.1) is 13.8 Å². The zero-order chi connectivity index (χ0) is 16.5. The van der Waals surface area contributed by atoms with E-state index in [0.717, 1.165) is 22.5 Å². The predicted octanol–water partition coefficient (Wildman–Crippen LogP) is 2.56. The van der Waals surface area contributed by atoms with E-state index >= 15 is 0 Å². The molecular formula is C16H23N3O3. The van der Waals surface area contributed by atoms with Crippen molar-refractivity contribution in [3.63, 3.8) is 0 Å². The monoisotopic (exact) mass is 305 g/mol. The summed E-state index contributed by atoms with van der Waals surface area (Å²) < 4.78 is 5.19. The van der Waals surface area contributed by atoms with Gasteiger partial charge < -0.3 is 20.7 Å². The zero-order valence-corrected chi connectivity index (χ0v) is 13.7. The Balaban J connectivity index is 2.12. The Bertz CT molecular complexity index is 605. The molecule has 1 aromatic rings. The highest BCUT2D eigenvalue weighted by Gasteiger charge is 2.27. The second kappa shape index (κ2) is 5.87. The number of hydrogen-bond acceptors (Lipinski definition) is 4. The second-order valence-corrected chi connectivity index (χ2v) is 6.57. The third-order valence-corrected chi connectivity index (χ3v) is 3.23. The van der Waals surface area contributed by atoms with Gasteiger partial charge >= 0.3 is 6.09 Å². The van der Waals surface area contributed by atoms with Crippen LogP contribution in [0.25, 0.3) is 0 Å². The van der Waals surface area contributed by atoms with Crippen molar-refractivity contribution in [3.05, 3.63) is 23.3 Å². The Hall–Kier alpha value is -2.24. The summed E-state index contributed by atoms with van der Waals surface area (Å²) >= 11 is 0. The van der Waals surface area contributed by atoms with Gasteiger partial charge in [-0.1, -0.05) is 6.07 Å². The van der Waals surface area contributed by atoms with E-state index in [1.165, 1.54) is 0 Å². The number of fused-ring (bicyclic) bond motifs is 1. The summed E-state index contributed by atoms with van der Waals surface area (Å²) in [5, 5.41) is 8.66. The van der Waals surface area contributed by atoms with E-state index in [2.05, 4.69) is 16.0 Å². The first-order valence-electron chi connectivity index (χ1n) is 7.31. The summed E-state index contributed by atoms with van der Waals surface area (Å²) in [4.78, 5) is 24.1. The molecule has 0 aliphatic carbocycles. The normalized spacial score (nSPS) is 17.7. The quantitative estimate of drug-likeness (QED) is 0.745. The maximum Gasteiger partial charge on any atom is 0.408 e. The number of rotatable bonds is 1. The molecule has 0 saturated carbocycles. The third kappa shape index (κ3) is 3.90. The lowest BCUT2D eigenvalue weighted by Crippen LogP contribution is -2.48. The number of amides is 2. The van der Waals surface area contributed by atoms with Gasteiger partial charge in [0.1, 0.15) is 11.6 Å². The van der Waals surface area contributed by atoms with Gasteiger partial charge in [0.2, 0.25) is 5.91 Å². The summed E-state index contributed by atoms with van der Waals surface area (Å²) in [7, 11) is 0. The number of carbonyl (C=O) groups excluding carboxylic acids is 2. The largest absolute Gasteiger partial charge is 0.444 e. The van der Waals surface area contributed by atoms with E-state index in [1.807, 2.05) is 26.0 Å². The van der Waals surface area contributed by atoms with Crippen molar-refractivity contribution in [2.75, 3.05) is 17.2 Å². The summed E-state index contributed by atoms with van der Waals surface area (Å²) in [5.41, 5.74) is 3.10. The lowest BCUT2D eigenvalue weighted by molar-refractivity contribution is -0.117. The van der Waals surface area contributed by atoms with E-state index in [-0.39, 0.29) is 5.91 Å². The number of nitrogens with one attached hydrogen (secondary N) is 3. The molecule has 1 aliphatic heterocycles. The number of benzene rings is 1. The average Bonchev–Trinajstić information content (AvgIpc) is 2.49. The van der Waals surface area contributed by atoms with Crippen molar-refractivity contribution in [2.45, 2.75) is 46.3 Å². The minimum atomic E-state index is -0.693. The highest BCUT2D eigenvalue weighted by Crippen LogP contribution is 2.29. The highest BCUT2D eigenvalue weighted by molar-refractivity contribution is 6.01. The van der Waals surface area contributed by atoms with Crippen molar-refractivity contribution >= 4 is 23.4 Å². The van der Waals surface area contributed by atoms with Gasteiger partial charge in [-0.2, -0.15) is 0 Å². The summed E-state index contributed by atoms with van der Waals surface area (Å²) in [6.07, 6.45) is -0.603. The smallest absolute Gasteiger partial charge is 0.408 e. The van der Waals surface area contributed by atoms with Gasteiger partial charge in [-0.05, 0) is 51.8 Å². The van der Waals surface area contributed by atoms with Crippen molar-refractivity contribution in [3.8, 4) is 0 Å². The molecule has 0 aromatic heterocycles. The molecule has 1 heterocycles. The Morgan fingerprint density at radius 1 is 1.32 bits per heavy atom. The molecule has 0 fully saturated rings. The van der Waals surface area contributed by atoms with Gasteiger partial charge in [0.05, 0.1) is 11.4 Å². The molecule has 0 spiro atoms. The minimum Gasteiger partial charge on any atom is -0.444 e. The maximum absolute atomic E-state index is 12.3. The maximum atomic E-state index is 12.3. The van der Waals surface area contributed by atoms with Gasteiger partial charge in [0.25, 0.3) is 0 Å². The number of carbonyl (C=O) groups is 2. The first-order valence-corrected chi connectivity index (χ1v) is 7.31. The van der Waals surface area contributed by atoms with E-state index in [9.17, 15) is 9.59 Å². The highest BCUT2D eigenvalue weighted by atomic mass is 16.6. The molecule has 2 amide bonds. The SMILES string of the molecule is Cc1cc(C)c2c(c1)NC[C@H](NC(=O)OC(C)(C)C)C(=O)N2. The van der Waals surface area contributed by atoms with Crippen LogP contribution in [0.3, 0.4) is 0 Å². The minimum absolute atomic E-state index is 0.260. The molecule has 0 radical (unpaired) electrons. The summed E-state index contributed by atoms with van der Waals surface area (Å²) in [6, 6.07) is 3.28. The van der Waals surface area contributed by atoms with Crippen LogP contribution < -0.4 is 16.0 Å². The van der Waals surface area contributed by atoms with Crippen LogP contribution in [-0.4, -0.2) is 30.2 Å². The molecule has 1 aromatic carbocycles. The second-order valence-electron chi connectivity index (χ2n) is 6.57. The van der Waals surface area contributed by atoms with E-state index < -0.39 is 17.7 Å². The number of aryl methyl sites for hydroxylation is 2. The Morgan fingerprint density at radius 3 is 2.64 bits per heavy atom. The fourth-order valence-corrected chi connectivity index (χ4v) is 2.35. The van der Waals surface area contributed by atoms with E-state index in [1.54, 1.807) is 20.8 Å². The Morgan fingerprint density at radius 2 is 2.00 bits per heavy atom. The van der Waals surface area contributed by atoms with Crippen LogP contribution in [-0.2, 0) is 9.53 Å². The fourth-order valence-electron chi connectivity index (χ4n) is 2.35. The van der Waals surface area contributed by atoms with Gasteiger partial charge in [-0.3, -0.25) is 4.79 Å². The fraction of sp³-hybridized carbons (Fsp3) is 0.500. The van der Waals surface area contributed by atoms with Crippen LogP contribution in [0.1, 0.15) is 31.9 Å². The van der Waals surface area contributed by atoms with Gasteiger partial charge in [-0.15, -0.1) is 0 Å². The molecule has 6 heteroatoms. The average molecular weight is 305 g/mol. The molecular weight excluding hydrogens is 282 g/mol. The van der Waals surface area contributed by atoms with Crippen LogP contribution in [0.4, 0.5) is 16.2 Å². The number of ether oxygens (including phenoxy) is 1. The van der Waals surface area contributed by atoms with Crippen molar-refractivity contribution in [2.24, 2.45) is 0 Å². The summed E-state index contributed by atoms with van der Waals surface area (Å²) in [5.74, 6) is -0.260. The van der Waals surface area contributed by atoms with Crippen LogP contribution >= 0.6 is 0 Å². The molecule has 3 N–H and O–H groups in total. The van der Waals surface area contributed by atoms with Crippen molar-refractivity contribution in [1.82, 2.24) is 5.32 Å². The van der Waals surface area contributed by atoms with Crippen molar-refractivity contribution in [1.29, 1.82) is 0 Å². The van der Waals surface area contributed by atoms with Crippen LogP contribution in [0.5, 0.6) is 0 Å². The van der Waals surface area contributed by atoms with Gasteiger partial charge in [0.15, 0.2) is 0 Å². The predicted molar refractivity (Wildman–Crippen MR) is 86.2 cm³/mol. The first kappa shape index (κ1) is 16.1. The molecule has 2 rings (SSSR count). The topological polar surface area (TPSA) is 79.5 Å². The lowest BCUT2D eigenvalue weighted by atomic mass is 10.1. The molecule has 22 heavy (non-hydrogen) atoms. The first-order chi connectivity index (χ1) is 10.2. The van der Waals surface area contributed by atoms with E-state index in [0.29, 0.717) is 6.54 Å². The van der Waals surface area contributed by atoms with Gasteiger partial charge in [0, 0.05) is 6.54 Å². The molecule has 0 bridgehead atoms. The molecule has 1 atom stereocenters. The molecule has 0 unspecified atom stereocenters. The Kier molecular flexibility index (Phi) is 4.30. The molecule has 1 aliphatic rings. The molecule has 0 saturated heterocycles. The van der Waals surface area contributed by atoms with Gasteiger partial charge in [-0.25, -0.2) is 4.79 Å². The molecule has 120 valence electrons. The van der Waals surface area contributed by atoms with Crippen LogP contribution in [0.2, 0.25) is 0 Å². The number of alkyl carbamates (subject to hydrolysis) is 1. The van der Waals surface area contributed by atoms with Crippen LogP contribution in [0.15, 0.2) is 12.1 Å². The lowest BCUT2D eigenvalue weighted by Gasteiger charge is -2.22. The summed E-state index contributed by atoms with van der Waals surface area (Å²) in [6.45, 7) is 9.58. The third-order valence-electron chi connectivity index (χ3n) is 3.23. The van der Waals surface area contributed by atoms with E-state index in [4.69, 9.17) is 4.74 Å². The standard InChI is InChI=1S/C16H23N3O3/c1-9-6-10(2)13-11(7-9)17-8-12(14(20)19-13)18-15(21)22-16(3,4)5/h6-7,12,17H,8H2,1-5H3,(H,18,21)(H,19,20)/t12-/m0/s1. The Labute approximate surface area is 130 Å². The number of hydrogen-bond donors (Lipinski definition) is 3. The van der Waals surface area contributed by atoms with Crippen molar-refractivity contribution < 1.29 is 14.3 Å². The number of anilines is 2. The zero-order valence-electron chi connectivity index (χ0n) is 13.7.